The first-order valence-electron chi connectivity index (χ1n) is 5.37. The normalized spacial score (nSPS) is 31.6. The number of rotatable bonds is 2. The molecule has 0 radical (unpaired) electrons. The first-order valence-corrected chi connectivity index (χ1v) is 5.37. The molecular formula is C10H14F6O. The van der Waals surface area contributed by atoms with E-state index in [1.807, 2.05) is 0 Å². The van der Waals surface area contributed by atoms with E-state index in [2.05, 4.69) is 0 Å². The standard InChI is InChI=1S/C10H14F6O/c11-9(12,13)4-6-1-7(3-8(17)2-6)5-10(14,15)16/h6-8,17H,1-5H2. The Morgan fingerprint density at radius 2 is 1.12 bits per heavy atom. The molecule has 1 nitrogen and oxygen atoms in total. The Labute approximate surface area is 94.8 Å². The molecule has 0 amide bonds. The van der Waals surface area contributed by atoms with Crippen molar-refractivity contribution < 1.29 is 31.4 Å². The van der Waals surface area contributed by atoms with Gasteiger partial charge in [-0.05, 0) is 31.1 Å². The number of hydrogen-bond donors (Lipinski definition) is 1. The van der Waals surface area contributed by atoms with Crippen molar-refractivity contribution in [2.45, 2.75) is 50.6 Å². The number of alkyl halides is 6. The van der Waals surface area contributed by atoms with Crippen LogP contribution in [0.5, 0.6) is 0 Å². The van der Waals surface area contributed by atoms with E-state index in [0.29, 0.717) is 0 Å². The van der Waals surface area contributed by atoms with Crippen molar-refractivity contribution in [3.63, 3.8) is 0 Å². The highest BCUT2D eigenvalue weighted by Crippen LogP contribution is 2.40. The molecule has 2 atom stereocenters. The van der Waals surface area contributed by atoms with Gasteiger partial charge in [-0.25, -0.2) is 0 Å². The number of hydrogen-bond acceptors (Lipinski definition) is 1. The van der Waals surface area contributed by atoms with Crippen LogP contribution < -0.4 is 0 Å². The van der Waals surface area contributed by atoms with E-state index >= 15 is 0 Å². The van der Waals surface area contributed by atoms with E-state index in [1.54, 1.807) is 0 Å². The molecule has 0 heterocycles. The zero-order valence-electron chi connectivity index (χ0n) is 8.98. The molecule has 102 valence electrons. The number of aliphatic hydroxyl groups is 1. The lowest BCUT2D eigenvalue weighted by Gasteiger charge is -2.33. The summed E-state index contributed by atoms with van der Waals surface area (Å²) in [6.07, 6.45) is -12.3. The van der Waals surface area contributed by atoms with E-state index in [0.717, 1.165) is 0 Å². The minimum absolute atomic E-state index is 0.0616. The van der Waals surface area contributed by atoms with E-state index in [1.165, 1.54) is 0 Å². The van der Waals surface area contributed by atoms with Crippen molar-refractivity contribution in [1.82, 2.24) is 0 Å². The Morgan fingerprint density at radius 1 is 0.765 bits per heavy atom. The van der Waals surface area contributed by atoms with Gasteiger partial charge in [-0.1, -0.05) is 0 Å². The maximum atomic E-state index is 12.1. The van der Waals surface area contributed by atoms with E-state index < -0.39 is 43.1 Å². The molecule has 7 heteroatoms. The Morgan fingerprint density at radius 3 is 1.41 bits per heavy atom. The van der Waals surface area contributed by atoms with E-state index in [-0.39, 0.29) is 19.3 Å². The van der Waals surface area contributed by atoms with Gasteiger partial charge in [-0.15, -0.1) is 0 Å². The number of aliphatic hydroxyl groups excluding tert-OH is 1. The fourth-order valence-electron chi connectivity index (χ4n) is 2.52. The highest BCUT2D eigenvalue weighted by Gasteiger charge is 2.40. The zero-order valence-corrected chi connectivity index (χ0v) is 8.98. The SMILES string of the molecule is OC1CC(CC(F)(F)F)CC(CC(F)(F)F)C1. The van der Waals surface area contributed by atoms with Gasteiger partial charge in [0.2, 0.25) is 0 Å². The van der Waals surface area contributed by atoms with Crippen LogP contribution in [0.1, 0.15) is 32.1 Å². The van der Waals surface area contributed by atoms with Crippen LogP contribution in [-0.4, -0.2) is 23.6 Å². The molecule has 2 unspecified atom stereocenters. The fourth-order valence-corrected chi connectivity index (χ4v) is 2.52. The molecule has 0 aromatic heterocycles. The second-order valence-electron chi connectivity index (χ2n) is 4.73. The van der Waals surface area contributed by atoms with Crippen LogP contribution in [0, 0.1) is 11.8 Å². The van der Waals surface area contributed by atoms with Crippen LogP contribution >= 0.6 is 0 Å². The van der Waals surface area contributed by atoms with Crippen LogP contribution in [0.4, 0.5) is 26.3 Å². The van der Waals surface area contributed by atoms with Gasteiger partial charge in [0.15, 0.2) is 0 Å². The van der Waals surface area contributed by atoms with Gasteiger partial charge < -0.3 is 5.11 Å². The Kier molecular flexibility index (Phi) is 4.33. The molecule has 1 saturated carbocycles. The minimum Gasteiger partial charge on any atom is -0.393 e. The summed E-state index contributed by atoms with van der Waals surface area (Å²) < 4.78 is 72.8. The topological polar surface area (TPSA) is 20.2 Å². The molecule has 0 aliphatic heterocycles. The van der Waals surface area contributed by atoms with Crippen LogP contribution in [0.2, 0.25) is 0 Å². The first kappa shape index (κ1) is 14.6. The Balaban J connectivity index is 2.53. The predicted octanol–water partition coefficient (Wildman–Crippen LogP) is 3.67. The van der Waals surface area contributed by atoms with Crippen molar-refractivity contribution in [2.75, 3.05) is 0 Å². The third-order valence-electron chi connectivity index (χ3n) is 2.92. The summed E-state index contributed by atoms with van der Waals surface area (Å²) in [5.41, 5.74) is 0. The van der Waals surface area contributed by atoms with E-state index in [4.69, 9.17) is 0 Å². The monoisotopic (exact) mass is 264 g/mol. The van der Waals surface area contributed by atoms with Crippen LogP contribution in [-0.2, 0) is 0 Å². The van der Waals surface area contributed by atoms with Crippen molar-refractivity contribution >= 4 is 0 Å². The van der Waals surface area contributed by atoms with Crippen LogP contribution in [0.15, 0.2) is 0 Å². The highest BCUT2D eigenvalue weighted by molar-refractivity contribution is 4.81. The average Bonchev–Trinajstić information content (AvgIpc) is 1.93. The Hall–Kier alpha value is -0.460. The van der Waals surface area contributed by atoms with Gasteiger partial charge in [0.05, 0.1) is 6.10 Å². The van der Waals surface area contributed by atoms with E-state index in [9.17, 15) is 31.4 Å². The summed E-state index contributed by atoms with van der Waals surface area (Å²) >= 11 is 0. The third-order valence-corrected chi connectivity index (χ3v) is 2.92. The molecular weight excluding hydrogens is 250 g/mol. The first-order chi connectivity index (χ1) is 7.55. The second kappa shape index (κ2) is 5.04. The number of halogens is 6. The molecule has 1 N–H and O–H groups in total. The van der Waals surface area contributed by atoms with Crippen molar-refractivity contribution in [2.24, 2.45) is 11.8 Å². The smallest absolute Gasteiger partial charge is 0.389 e. The van der Waals surface area contributed by atoms with Gasteiger partial charge in [-0.3, -0.25) is 0 Å². The summed E-state index contributed by atoms with van der Waals surface area (Å²) in [5, 5.41) is 9.31. The highest BCUT2D eigenvalue weighted by atomic mass is 19.4. The molecule has 1 aliphatic rings. The van der Waals surface area contributed by atoms with Crippen molar-refractivity contribution in [1.29, 1.82) is 0 Å². The lowest BCUT2D eigenvalue weighted by atomic mass is 9.77. The molecule has 0 aromatic rings. The largest absolute Gasteiger partial charge is 0.393 e. The summed E-state index contributed by atoms with van der Waals surface area (Å²) in [6, 6.07) is 0. The molecule has 0 saturated heterocycles. The summed E-state index contributed by atoms with van der Waals surface area (Å²) in [6.45, 7) is 0. The quantitative estimate of drug-likeness (QED) is 0.754. The summed E-state index contributed by atoms with van der Waals surface area (Å²) in [7, 11) is 0. The third kappa shape index (κ3) is 6.14. The van der Waals surface area contributed by atoms with Crippen molar-refractivity contribution in [3.05, 3.63) is 0 Å². The zero-order chi connectivity index (χ0) is 13.3. The summed E-state index contributed by atoms with van der Waals surface area (Å²) in [5.74, 6) is -1.79. The second-order valence-corrected chi connectivity index (χ2v) is 4.73. The van der Waals surface area contributed by atoms with Crippen LogP contribution in [0.3, 0.4) is 0 Å². The molecule has 0 spiro atoms. The Bertz CT molecular complexity index is 222. The molecule has 1 fully saturated rings. The lowest BCUT2D eigenvalue weighted by Crippen LogP contribution is -2.31. The predicted molar refractivity (Wildman–Crippen MR) is 48.2 cm³/mol. The van der Waals surface area contributed by atoms with Gasteiger partial charge in [0.1, 0.15) is 0 Å². The van der Waals surface area contributed by atoms with Crippen LogP contribution in [0.25, 0.3) is 0 Å². The maximum absolute atomic E-state index is 12.1. The maximum Gasteiger partial charge on any atom is 0.389 e. The van der Waals surface area contributed by atoms with Crippen molar-refractivity contribution in [3.8, 4) is 0 Å². The molecule has 17 heavy (non-hydrogen) atoms. The van der Waals surface area contributed by atoms with Gasteiger partial charge in [0, 0.05) is 12.8 Å². The molecule has 0 aromatic carbocycles. The van der Waals surface area contributed by atoms with Gasteiger partial charge in [-0.2, -0.15) is 26.3 Å². The molecule has 1 aliphatic carbocycles. The van der Waals surface area contributed by atoms with Gasteiger partial charge in [0.25, 0.3) is 0 Å². The summed E-state index contributed by atoms with van der Waals surface area (Å²) in [4.78, 5) is 0. The molecule has 1 rings (SSSR count). The fraction of sp³-hybridized carbons (Fsp3) is 1.00. The average molecular weight is 264 g/mol. The molecule has 0 bridgehead atoms. The minimum atomic E-state index is -4.38. The van der Waals surface area contributed by atoms with Gasteiger partial charge >= 0.3 is 12.4 Å². The lowest BCUT2D eigenvalue weighted by molar-refractivity contribution is -0.162.